The van der Waals surface area contributed by atoms with E-state index in [1.165, 1.54) is 0 Å². The van der Waals surface area contributed by atoms with Crippen LogP contribution in [0.1, 0.15) is 30.0 Å². The molecule has 0 spiro atoms. The number of aryl methyl sites for hydroxylation is 1. The standard InChI is InChI=1S/C25H37N3O4.HI/c1-5-26-25(27-18-21-8-6-9-23(17-21)31-13-7-12-29-3)28-19-22-11-10-20(2)16-24(22)32-15-14-30-4;/h6,8-11,16-17H,5,7,12-15,18-19H2,1-4H3,(H2,26,27,28);1H. The predicted molar refractivity (Wildman–Crippen MR) is 144 cm³/mol. The molecule has 0 saturated heterocycles. The van der Waals surface area contributed by atoms with Gasteiger partial charge in [-0.1, -0.05) is 24.3 Å². The van der Waals surface area contributed by atoms with E-state index < -0.39 is 0 Å². The van der Waals surface area contributed by atoms with Crippen LogP contribution >= 0.6 is 24.0 Å². The molecule has 2 rings (SSSR count). The first kappa shape index (κ1) is 29.0. The Balaban J connectivity index is 0.00000544. The Morgan fingerprint density at radius 1 is 0.909 bits per heavy atom. The molecule has 0 heterocycles. The van der Waals surface area contributed by atoms with Crippen molar-refractivity contribution in [3.05, 3.63) is 59.2 Å². The molecule has 2 N–H and O–H groups in total. The molecule has 0 aliphatic carbocycles. The Hall–Kier alpha value is -2.04. The van der Waals surface area contributed by atoms with Gasteiger partial charge in [-0.15, -0.1) is 24.0 Å². The molecule has 0 aliphatic rings. The fourth-order valence-corrected chi connectivity index (χ4v) is 3.00. The highest BCUT2D eigenvalue weighted by molar-refractivity contribution is 14.0. The van der Waals surface area contributed by atoms with Crippen molar-refractivity contribution in [2.75, 3.05) is 47.2 Å². The summed E-state index contributed by atoms with van der Waals surface area (Å²) in [6.45, 7) is 8.45. The fraction of sp³-hybridized carbons (Fsp3) is 0.480. The molecule has 0 amide bonds. The molecule has 0 radical (unpaired) electrons. The molecule has 0 unspecified atom stereocenters. The number of hydrogen-bond donors (Lipinski definition) is 2. The van der Waals surface area contributed by atoms with Gasteiger partial charge in [-0.25, -0.2) is 4.99 Å². The van der Waals surface area contributed by atoms with Crippen molar-refractivity contribution in [1.82, 2.24) is 10.6 Å². The van der Waals surface area contributed by atoms with Gasteiger partial charge in [0.15, 0.2) is 5.96 Å². The molecule has 8 heteroatoms. The highest BCUT2D eigenvalue weighted by atomic mass is 127. The van der Waals surface area contributed by atoms with Crippen molar-refractivity contribution in [3.63, 3.8) is 0 Å². The van der Waals surface area contributed by atoms with Crippen molar-refractivity contribution in [2.45, 2.75) is 33.4 Å². The summed E-state index contributed by atoms with van der Waals surface area (Å²) in [4.78, 5) is 4.73. The van der Waals surface area contributed by atoms with E-state index in [1.54, 1.807) is 14.2 Å². The van der Waals surface area contributed by atoms with Crippen molar-refractivity contribution in [1.29, 1.82) is 0 Å². The molecule has 0 aliphatic heterocycles. The van der Waals surface area contributed by atoms with Crippen LogP contribution < -0.4 is 20.1 Å². The molecule has 184 valence electrons. The lowest BCUT2D eigenvalue weighted by molar-refractivity contribution is 0.145. The summed E-state index contributed by atoms with van der Waals surface area (Å²) in [5, 5.41) is 6.71. The second-order valence-corrected chi connectivity index (χ2v) is 7.34. The van der Waals surface area contributed by atoms with Crippen molar-refractivity contribution in [3.8, 4) is 11.5 Å². The number of ether oxygens (including phenoxy) is 4. The summed E-state index contributed by atoms with van der Waals surface area (Å²) >= 11 is 0. The smallest absolute Gasteiger partial charge is 0.191 e. The monoisotopic (exact) mass is 571 g/mol. The average Bonchev–Trinajstić information content (AvgIpc) is 2.80. The molecular formula is C25H38IN3O4. The summed E-state index contributed by atoms with van der Waals surface area (Å²) in [5.41, 5.74) is 3.32. The van der Waals surface area contributed by atoms with Crippen LogP contribution in [0.4, 0.5) is 0 Å². The maximum absolute atomic E-state index is 5.89. The topological polar surface area (TPSA) is 73.3 Å². The third-order valence-electron chi connectivity index (χ3n) is 4.64. The maximum Gasteiger partial charge on any atom is 0.191 e. The normalized spacial score (nSPS) is 11.0. The molecule has 0 atom stereocenters. The minimum absolute atomic E-state index is 0. The molecule has 0 bridgehead atoms. The number of guanidine groups is 1. The number of halogens is 1. The third-order valence-corrected chi connectivity index (χ3v) is 4.64. The zero-order valence-electron chi connectivity index (χ0n) is 20.2. The van der Waals surface area contributed by atoms with Gasteiger partial charge in [0.05, 0.1) is 19.8 Å². The predicted octanol–water partition coefficient (Wildman–Crippen LogP) is 4.31. The number of rotatable bonds is 14. The number of nitrogens with one attached hydrogen (secondary N) is 2. The van der Waals surface area contributed by atoms with Gasteiger partial charge in [-0.05, 0) is 43.2 Å². The van der Waals surface area contributed by atoms with E-state index in [4.69, 9.17) is 23.9 Å². The molecule has 0 saturated carbocycles. The van der Waals surface area contributed by atoms with Crippen LogP contribution in [0.15, 0.2) is 47.5 Å². The van der Waals surface area contributed by atoms with Crippen molar-refractivity contribution in [2.24, 2.45) is 4.99 Å². The molecule has 2 aromatic carbocycles. The summed E-state index contributed by atoms with van der Waals surface area (Å²) in [6.07, 6.45) is 0.865. The highest BCUT2D eigenvalue weighted by Crippen LogP contribution is 2.20. The van der Waals surface area contributed by atoms with Gasteiger partial charge in [0.2, 0.25) is 0 Å². The average molecular weight is 572 g/mol. The van der Waals surface area contributed by atoms with Crippen molar-refractivity contribution < 1.29 is 18.9 Å². The summed E-state index contributed by atoms with van der Waals surface area (Å²) in [5.74, 6) is 2.47. The number of nitrogens with zero attached hydrogens (tertiary/aromatic N) is 1. The Morgan fingerprint density at radius 2 is 1.73 bits per heavy atom. The lowest BCUT2D eigenvalue weighted by atomic mass is 10.1. The Morgan fingerprint density at radius 3 is 2.48 bits per heavy atom. The molecule has 0 aromatic heterocycles. The van der Waals surface area contributed by atoms with E-state index in [9.17, 15) is 0 Å². The zero-order chi connectivity index (χ0) is 23.0. The van der Waals surface area contributed by atoms with E-state index in [0.717, 1.165) is 47.1 Å². The van der Waals surface area contributed by atoms with Crippen LogP contribution in [0, 0.1) is 6.92 Å². The second kappa shape index (κ2) is 17.4. The summed E-state index contributed by atoms with van der Waals surface area (Å²) in [7, 11) is 3.37. The van der Waals surface area contributed by atoms with E-state index in [0.29, 0.717) is 39.5 Å². The Kier molecular flexibility index (Phi) is 15.3. The van der Waals surface area contributed by atoms with Crippen LogP contribution in [-0.2, 0) is 22.6 Å². The van der Waals surface area contributed by atoms with E-state index in [2.05, 4.69) is 48.7 Å². The van der Waals surface area contributed by atoms with E-state index in [1.807, 2.05) is 18.2 Å². The van der Waals surface area contributed by atoms with Gasteiger partial charge in [0.1, 0.15) is 18.1 Å². The maximum atomic E-state index is 5.89. The molecule has 7 nitrogen and oxygen atoms in total. The Labute approximate surface area is 215 Å². The van der Waals surface area contributed by atoms with Gasteiger partial charge < -0.3 is 29.6 Å². The first-order chi connectivity index (χ1) is 15.7. The van der Waals surface area contributed by atoms with Gasteiger partial charge in [-0.2, -0.15) is 0 Å². The number of aliphatic imine (C=N–C) groups is 1. The van der Waals surface area contributed by atoms with Crippen LogP contribution in [0.25, 0.3) is 0 Å². The molecular weight excluding hydrogens is 533 g/mol. The molecule has 2 aromatic rings. The zero-order valence-corrected chi connectivity index (χ0v) is 22.5. The lowest BCUT2D eigenvalue weighted by Gasteiger charge is -2.15. The quantitative estimate of drug-likeness (QED) is 0.153. The number of methoxy groups -OCH3 is 2. The largest absolute Gasteiger partial charge is 0.493 e. The Bertz CT molecular complexity index is 833. The van der Waals surface area contributed by atoms with E-state index >= 15 is 0 Å². The summed E-state index contributed by atoms with van der Waals surface area (Å²) in [6, 6.07) is 14.3. The highest BCUT2D eigenvalue weighted by Gasteiger charge is 2.06. The van der Waals surface area contributed by atoms with Gasteiger partial charge in [-0.3, -0.25) is 0 Å². The minimum atomic E-state index is 0. The number of hydrogen-bond acceptors (Lipinski definition) is 5. The van der Waals surface area contributed by atoms with Gasteiger partial charge in [0.25, 0.3) is 0 Å². The molecule has 33 heavy (non-hydrogen) atoms. The first-order valence-electron chi connectivity index (χ1n) is 11.1. The van der Waals surface area contributed by atoms with Crippen LogP contribution in [-0.4, -0.2) is 53.2 Å². The molecule has 0 fully saturated rings. The van der Waals surface area contributed by atoms with E-state index in [-0.39, 0.29) is 24.0 Å². The number of benzene rings is 2. The first-order valence-corrected chi connectivity index (χ1v) is 11.1. The van der Waals surface area contributed by atoms with Crippen molar-refractivity contribution >= 4 is 29.9 Å². The fourth-order valence-electron chi connectivity index (χ4n) is 3.00. The summed E-state index contributed by atoms with van der Waals surface area (Å²) < 4.78 is 21.8. The third kappa shape index (κ3) is 11.6. The van der Waals surface area contributed by atoms with Gasteiger partial charge in [0, 0.05) is 45.9 Å². The second-order valence-electron chi connectivity index (χ2n) is 7.34. The van der Waals surface area contributed by atoms with Gasteiger partial charge >= 0.3 is 0 Å². The van der Waals surface area contributed by atoms with Crippen LogP contribution in [0.2, 0.25) is 0 Å². The SMILES string of the molecule is CCNC(=NCc1cccc(OCCCOC)c1)NCc1ccc(C)cc1OCCOC.I. The van der Waals surface area contributed by atoms with Crippen LogP contribution in [0.3, 0.4) is 0 Å². The minimum Gasteiger partial charge on any atom is -0.493 e. The lowest BCUT2D eigenvalue weighted by Crippen LogP contribution is -2.36. The van der Waals surface area contributed by atoms with Crippen LogP contribution in [0.5, 0.6) is 11.5 Å².